The van der Waals surface area contributed by atoms with E-state index in [1.807, 2.05) is 0 Å². The minimum absolute atomic E-state index is 0.0497. The highest BCUT2D eigenvalue weighted by atomic mass is 19.4. The van der Waals surface area contributed by atoms with Gasteiger partial charge in [0.05, 0.1) is 5.56 Å². The molecule has 2 rings (SSSR count). The van der Waals surface area contributed by atoms with Crippen LogP contribution >= 0.6 is 0 Å². The molecule has 1 aliphatic rings. The number of halogens is 3. The highest BCUT2D eigenvalue weighted by Crippen LogP contribution is 2.29. The van der Waals surface area contributed by atoms with Crippen LogP contribution in [0.4, 0.5) is 13.2 Å². The van der Waals surface area contributed by atoms with E-state index in [0.29, 0.717) is 5.56 Å². The van der Waals surface area contributed by atoms with Gasteiger partial charge in [0, 0.05) is 12.3 Å². The molecule has 0 aromatic heterocycles. The normalized spacial score (nSPS) is 17.3. The molecule has 0 heterocycles. The summed E-state index contributed by atoms with van der Waals surface area (Å²) >= 11 is 0. The number of hydrogen-bond donors (Lipinski definition) is 2. The van der Waals surface area contributed by atoms with Gasteiger partial charge in [-0.15, -0.1) is 0 Å². The van der Waals surface area contributed by atoms with E-state index in [0.717, 1.165) is 44.2 Å². The molecule has 1 saturated carbocycles. The molecule has 1 aromatic rings. The summed E-state index contributed by atoms with van der Waals surface area (Å²) in [5.41, 5.74) is -0.358. The third kappa shape index (κ3) is 4.97. The maximum absolute atomic E-state index is 12.5. The van der Waals surface area contributed by atoms with E-state index < -0.39 is 23.8 Å². The van der Waals surface area contributed by atoms with Crippen molar-refractivity contribution in [2.45, 2.75) is 50.7 Å². The van der Waals surface area contributed by atoms with Gasteiger partial charge < -0.3 is 10.4 Å². The lowest BCUT2D eigenvalue weighted by Crippen LogP contribution is -2.45. The summed E-state index contributed by atoms with van der Waals surface area (Å²) in [6.45, 7) is 0. The fraction of sp³-hybridized carbons (Fsp3) is 0.529. The minimum Gasteiger partial charge on any atom is -0.480 e. The van der Waals surface area contributed by atoms with Gasteiger partial charge in [-0.1, -0.05) is 31.4 Å². The molecule has 4 nitrogen and oxygen atoms in total. The SMILES string of the molecule is O=C(N[C@H](Cc1ccc(C(F)(F)F)cc1)C(=O)O)C1CCCCC1. The standard InChI is InChI=1S/C17H20F3NO3/c18-17(19,20)13-8-6-11(7-9-13)10-14(16(23)24)21-15(22)12-4-2-1-3-5-12/h6-9,12,14H,1-5,10H2,(H,21,22)(H,23,24)/t14-/m1/s1. The van der Waals surface area contributed by atoms with Gasteiger partial charge in [0.25, 0.3) is 0 Å². The summed E-state index contributed by atoms with van der Waals surface area (Å²) in [7, 11) is 0. The van der Waals surface area contributed by atoms with Crippen molar-refractivity contribution in [1.29, 1.82) is 0 Å². The van der Waals surface area contributed by atoms with Crippen molar-refractivity contribution in [3.05, 3.63) is 35.4 Å². The number of carboxylic acids is 1. The predicted molar refractivity (Wildman–Crippen MR) is 81.3 cm³/mol. The second kappa shape index (κ2) is 7.68. The zero-order valence-corrected chi connectivity index (χ0v) is 13.1. The number of rotatable bonds is 5. The van der Waals surface area contributed by atoms with E-state index in [1.54, 1.807) is 0 Å². The monoisotopic (exact) mass is 343 g/mol. The Morgan fingerprint density at radius 2 is 1.71 bits per heavy atom. The predicted octanol–water partition coefficient (Wildman–Crippen LogP) is 3.40. The summed E-state index contributed by atoms with van der Waals surface area (Å²) in [6, 6.07) is 3.17. The lowest BCUT2D eigenvalue weighted by atomic mass is 9.88. The van der Waals surface area contributed by atoms with Crippen LogP contribution in [0.25, 0.3) is 0 Å². The Hall–Kier alpha value is -2.05. The molecule has 0 aliphatic heterocycles. The fourth-order valence-electron chi connectivity index (χ4n) is 2.92. The van der Waals surface area contributed by atoms with E-state index in [1.165, 1.54) is 12.1 Å². The Kier molecular flexibility index (Phi) is 5.85. The summed E-state index contributed by atoms with van der Waals surface area (Å²) < 4.78 is 37.6. The average Bonchev–Trinajstić information content (AvgIpc) is 2.54. The van der Waals surface area contributed by atoms with E-state index >= 15 is 0 Å². The van der Waals surface area contributed by atoms with Crippen LogP contribution < -0.4 is 5.32 Å². The Bertz CT molecular complexity index is 578. The molecular formula is C17H20F3NO3. The lowest BCUT2D eigenvalue weighted by molar-refractivity contribution is -0.142. The van der Waals surface area contributed by atoms with Crippen LogP contribution in [-0.4, -0.2) is 23.0 Å². The first-order chi connectivity index (χ1) is 11.3. The molecule has 1 amide bonds. The molecule has 1 aromatic carbocycles. The molecule has 1 aliphatic carbocycles. The zero-order valence-electron chi connectivity index (χ0n) is 13.1. The average molecular weight is 343 g/mol. The molecule has 24 heavy (non-hydrogen) atoms. The van der Waals surface area contributed by atoms with Crippen LogP contribution in [0.3, 0.4) is 0 Å². The quantitative estimate of drug-likeness (QED) is 0.861. The van der Waals surface area contributed by atoms with Crippen molar-refractivity contribution in [1.82, 2.24) is 5.32 Å². The Morgan fingerprint density at radius 3 is 2.21 bits per heavy atom. The molecule has 0 saturated heterocycles. The topological polar surface area (TPSA) is 66.4 Å². The Morgan fingerprint density at radius 1 is 1.12 bits per heavy atom. The summed E-state index contributed by atoms with van der Waals surface area (Å²) in [5, 5.41) is 11.8. The number of amides is 1. The maximum Gasteiger partial charge on any atom is 0.416 e. The number of carbonyl (C=O) groups excluding carboxylic acids is 1. The number of nitrogens with one attached hydrogen (secondary N) is 1. The van der Waals surface area contributed by atoms with Gasteiger partial charge in [0.2, 0.25) is 5.91 Å². The number of hydrogen-bond acceptors (Lipinski definition) is 2. The van der Waals surface area contributed by atoms with Gasteiger partial charge in [-0.25, -0.2) is 4.79 Å². The Labute approximate surface area is 138 Å². The summed E-state index contributed by atoms with van der Waals surface area (Å²) in [5.74, 6) is -1.65. The second-order valence-electron chi connectivity index (χ2n) is 6.13. The number of alkyl halides is 3. The molecule has 1 fully saturated rings. The van der Waals surface area contributed by atoms with Crippen molar-refractivity contribution in [2.75, 3.05) is 0 Å². The first-order valence-electron chi connectivity index (χ1n) is 7.96. The van der Waals surface area contributed by atoms with Gasteiger partial charge in [-0.2, -0.15) is 13.2 Å². The van der Waals surface area contributed by atoms with Gasteiger partial charge in [-0.05, 0) is 30.5 Å². The molecule has 0 bridgehead atoms. The number of aliphatic carboxylic acids is 1. The van der Waals surface area contributed by atoms with Crippen molar-refractivity contribution >= 4 is 11.9 Å². The van der Waals surface area contributed by atoms with Crippen LogP contribution in [-0.2, 0) is 22.2 Å². The van der Waals surface area contributed by atoms with Crippen LogP contribution in [0.15, 0.2) is 24.3 Å². The summed E-state index contributed by atoms with van der Waals surface area (Å²) in [4.78, 5) is 23.5. The molecule has 0 spiro atoms. The highest BCUT2D eigenvalue weighted by Gasteiger charge is 2.30. The smallest absolute Gasteiger partial charge is 0.416 e. The number of carbonyl (C=O) groups is 2. The van der Waals surface area contributed by atoms with Crippen LogP contribution in [0.2, 0.25) is 0 Å². The molecule has 2 N–H and O–H groups in total. The third-order valence-electron chi connectivity index (χ3n) is 4.31. The largest absolute Gasteiger partial charge is 0.480 e. The third-order valence-corrected chi connectivity index (χ3v) is 4.31. The minimum atomic E-state index is -4.43. The van der Waals surface area contributed by atoms with E-state index in [4.69, 9.17) is 0 Å². The molecule has 1 atom stereocenters. The van der Waals surface area contributed by atoms with Crippen molar-refractivity contribution < 1.29 is 27.9 Å². The first kappa shape index (κ1) is 18.3. The molecule has 0 radical (unpaired) electrons. The van der Waals surface area contributed by atoms with Crippen LogP contribution in [0, 0.1) is 5.92 Å². The zero-order chi connectivity index (χ0) is 17.7. The first-order valence-corrected chi connectivity index (χ1v) is 7.96. The second-order valence-corrected chi connectivity index (χ2v) is 6.13. The van der Waals surface area contributed by atoms with Gasteiger partial charge in [-0.3, -0.25) is 4.79 Å². The molecule has 132 valence electrons. The molecule has 0 unspecified atom stereocenters. The number of carboxylic acid groups (broad SMARTS) is 1. The lowest BCUT2D eigenvalue weighted by Gasteiger charge is -2.23. The summed E-state index contributed by atoms with van der Waals surface area (Å²) in [6.07, 6.45) is 0.00388. The van der Waals surface area contributed by atoms with Crippen LogP contribution in [0.1, 0.15) is 43.2 Å². The van der Waals surface area contributed by atoms with Crippen molar-refractivity contribution in [3.8, 4) is 0 Å². The van der Waals surface area contributed by atoms with Gasteiger partial charge in [0.1, 0.15) is 6.04 Å². The molecule has 7 heteroatoms. The van der Waals surface area contributed by atoms with Crippen molar-refractivity contribution in [2.24, 2.45) is 5.92 Å². The van der Waals surface area contributed by atoms with Crippen molar-refractivity contribution in [3.63, 3.8) is 0 Å². The van der Waals surface area contributed by atoms with Gasteiger partial charge in [0.15, 0.2) is 0 Å². The number of benzene rings is 1. The van der Waals surface area contributed by atoms with Crippen LogP contribution in [0.5, 0.6) is 0 Å². The van der Waals surface area contributed by atoms with E-state index in [-0.39, 0.29) is 18.2 Å². The maximum atomic E-state index is 12.5. The van der Waals surface area contributed by atoms with E-state index in [9.17, 15) is 27.9 Å². The molecular weight excluding hydrogens is 323 g/mol. The Balaban J connectivity index is 2.00. The van der Waals surface area contributed by atoms with E-state index in [2.05, 4.69) is 5.32 Å². The fourth-order valence-corrected chi connectivity index (χ4v) is 2.92. The van der Waals surface area contributed by atoms with Gasteiger partial charge >= 0.3 is 12.1 Å². The highest BCUT2D eigenvalue weighted by molar-refractivity contribution is 5.85.